The van der Waals surface area contributed by atoms with Crippen LogP contribution in [0.3, 0.4) is 0 Å². The number of H-pyrrole nitrogens is 1. The minimum Gasteiger partial charge on any atom is -0.372 e. The number of hydrogen-bond donors (Lipinski definition) is 2. The van der Waals surface area contributed by atoms with Gasteiger partial charge in [-0.25, -0.2) is 4.98 Å². The minimum atomic E-state index is -0.519. The monoisotopic (exact) mass is 459 g/mol. The summed E-state index contributed by atoms with van der Waals surface area (Å²) in [6.07, 6.45) is 3.71. The number of nitrogens with one attached hydrogen (secondary N) is 2. The molecule has 2 aromatic carbocycles. The van der Waals surface area contributed by atoms with E-state index in [-0.39, 0.29) is 11.5 Å². The van der Waals surface area contributed by atoms with Gasteiger partial charge in [-0.3, -0.25) is 9.59 Å². The molecule has 8 heteroatoms. The van der Waals surface area contributed by atoms with Crippen LogP contribution in [0.2, 0.25) is 0 Å². The van der Waals surface area contributed by atoms with E-state index in [0.717, 1.165) is 30.5 Å². The van der Waals surface area contributed by atoms with Crippen molar-refractivity contribution in [2.75, 3.05) is 23.3 Å². The Hall–Kier alpha value is -3.57. The van der Waals surface area contributed by atoms with E-state index in [1.54, 1.807) is 19.1 Å². The van der Waals surface area contributed by atoms with Crippen LogP contribution in [0.4, 0.5) is 11.4 Å². The molecule has 1 amide bonds. The molecule has 1 aromatic heterocycles. The quantitative estimate of drug-likeness (QED) is 0.418. The third kappa shape index (κ3) is 5.44. The average molecular weight is 460 g/mol. The normalized spacial score (nSPS) is 14.4. The van der Waals surface area contributed by atoms with Gasteiger partial charge < -0.3 is 15.2 Å². The summed E-state index contributed by atoms with van der Waals surface area (Å²) < 4.78 is 0. The molecule has 1 fully saturated rings. The zero-order chi connectivity index (χ0) is 23.2. The van der Waals surface area contributed by atoms with Crippen molar-refractivity contribution in [1.82, 2.24) is 9.97 Å². The third-order valence-corrected chi connectivity index (χ3v) is 6.55. The second-order valence-corrected chi connectivity index (χ2v) is 9.25. The van der Waals surface area contributed by atoms with Crippen molar-refractivity contribution in [1.29, 1.82) is 5.26 Å². The van der Waals surface area contributed by atoms with Crippen LogP contribution < -0.4 is 15.8 Å². The molecule has 7 nitrogen and oxygen atoms in total. The molecule has 0 radical (unpaired) electrons. The molecule has 0 spiro atoms. The Kier molecular flexibility index (Phi) is 7.10. The van der Waals surface area contributed by atoms with E-state index in [1.165, 1.54) is 24.9 Å². The number of benzene rings is 2. The number of piperidine rings is 1. The largest absolute Gasteiger partial charge is 0.372 e. The highest BCUT2D eigenvalue weighted by molar-refractivity contribution is 8.00. The summed E-state index contributed by atoms with van der Waals surface area (Å²) in [6, 6.07) is 18.9. The van der Waals surface area contributed by atoms with Crippen LogP contribution in [0.15, 0.2) is 64.5 Å². The first kappa shape index (κ1) is 22.6. The SMILES string of the molecule is C[C@@H](Sc1nc(-c2ccccc2)c(C#N)c(=O)[nH]1)C(=O)Nc1ccc(N2CCCCC2)cc1. The molecule has 0 bridgehead atoms. The predicted molar refractivity (Wildman–Crippen MR) is 131 cm³/mol. The summed E-state index contributed by atoms with van der Waals surface area (Å²) in [7, 11) is 0. The number of aromatic nitrogens is 2. The summed E-state index contributed by atoms with van der Waals surface area (Å²) in [6.45, 7) is 3.89. The number of carbonyl (C=O) groups excluding carboxylic acids is 1. The Bertz CT molecular complexity index is 1210. The van der Waals surface area contributed by atoms with Crippen LogP contribution in [0, 0.1) is 11.3 Å². The van der Waals surface area contributed by atoms with E-state index in [4.69, 9.17) is 0 Å². The molecular weight excluding hydrogens is 434 g/mol. The fourth-order valence-electron chi connectivity index (χ4n) is 3.79. The van der Waals surface area contributed by atoms with Crippen LogP contribution in [0.25, 0.3) is 11.3 Å². The van der Waals surface area contributed by atoms with Crippen molar-refractivity contribution >= 4 is 29.0 Å². The van der Waals surface area contributed by atoms with Crippen LogP contribution in [-0.4, -0.2) is 34.2 Å². The number of hydrogen-bond acceptors (Lipinski definition) is 6. The van der Waals surface area contributed by atoms with Crippen molar-refractivity contribution in [2.24, 2.45) is 0 Å². The lowest BCUT2D eigenvalue weighted by atomic mass is 10.1. The molecule has 4 rings (SSSR count). The van der Waals surface area contributed by atoms with Gasteiger partial charge in [-0.05, 0) is 50.5 Å². The first-order valence-corrected chi connectivity index (χ1v) is 11.9. The molecule has 0 aliphatic carbocycles. The second kappa shape index (κ2) is 10.4. The van der Waals surface area contributed by atoms with Gasteiger partial charge in [-0.2, -0.15) is 5.26 Å². The standard InChI is InChI=1S/C25H25N5O2S/c1-17(23(31)27-19-10-12-20(13-11-19)30-14-6-3-7-15-30)33-25-28-22(18-8-4-2-5-9-18)21(16-26)24(32)29-25/h2,4-5,8-13,17H,3,6-7,14-15H2,1H3,(H,27,31)(H,28,29,32)/t17-/m1/s1. The number of rotatable bonds is 6. The van der Waals surface area contributed by atoms with Gasteiger partial charge in [0.1, 0.15) is 11.6 Å². The van der Waals surface area contributed by atoms with Gasteiger partial charge in [0.15, 0.2) is 5.16 Å². The zero-order valence-electron chi connectivity index (χ0n) is 18.4. The number of thioether (sulfide) groups is 1. The van der Waals surface area contributed by atoms with Gasteiger partial charge in [-0.1, -0.05) is 42.1 Å². The molecule has 168 valence electrons. The van der Waals surface area contributed by atoms with Gasteiger partial charge in [0, 0.05) is 30.0 Å². The van der Waals surface area contributed by atoms with Gasteiger partial charge in [0.05, 0.1) is 10.9 Å². The van der Waals surface area contributed by atoms with E-state index in [2.05, 4.69) is 20.2 Å². The van der Waals surface area contributed by atoms with E-state index in [1.807, 2.05) is 48.5 Å². The Morgan fingerprint density at radius 1 is 1.12 bits per heavy atom. The molecule has 1 atom stereocenters. The molecule has 2 N–H and O–H groups in total. The second-order valence-electron chi connectivity index (χ2n) is 7.92. The van der Waals surface area contributed by atoms with Gasteiger partial charge in [0.25, 0.3) is 5.56 Å². The van der Waals surface area contributed by atoms with Crippen LogP contribution in [-0.2, 0) is 4.79 Å². The zero-order valence-corrected chi connectivity index (χ0v) is 19.2. The molecule has 3 aromatic rings. The molecule has 0 saturated carbocycles. The van der Waals surface area contributed by atoms with Crippen molar-refractivity contribution in [3.63, 3.8) is 0 Å². The smallest absolute Gasteiger partial charge is 0.270 e. The van der Waals surface area contributed by atoms with E-state index in [9.17, 15) is 14.9 Å². The third-order valence-electron chi connectivity index (χ3n) is 5.57. The van der Waals surface area contributed by atoms with Crippen molar-refractivity contribution < 1.29 is 4.79 Å². The Morgan fingerprint density at radius 2 is 1.82 bits per heavy atom. The molecule has 1 aliphatic heterocycles. The summed E-state index contributed by atoms with van der Waals surface area (Å²) >= 11 is 1.14. The maximum atomic E-state index is 12.8. The predicted octanol–water partition coefficient (Wildman–Crippen LogP) is 4.42. The molecular formula is C25H25N5O2S. The first-order valence-electron chi connectivity index (χ1n) is 11.0. The summed E-state index contributed by atoms with van der Waals surface area (Å²) in [5.74, 6) is -0.195. The number of amides is 1. The highest BCUT2D eigenvalue weighted by atomic mass is 32.2. The highest BCUT2D eigenvalue weighted by Crippen LogP contribution is 2.26. The number of aromatic amines is 1. The Labute approximate surface area is 196 Å². The van der Waals surface area contributed by atoms with Gasteiger partial charge in [-0.15, -0.1) is 0 Å². The highest BCUT2D eigenvalue weighted by Gasteiger charge is 2.19. The first-order chi connectivity index (χ1) is 16.0. The molecule has 2 heterocycles. The number of anilines is 2. The van der Waals surface area contributed by atoms with Crippen LogP contribution >= 0.6 is 11.8 Å². The molecule has 1 saturated heterocycles. The number of carbonyl (C=O) groups is 1. The van der Waals surface area contributed by atoms with E-state index in [0.29, 0.717) is 16.4 Å². The maximum absolute atomic E-state index is 12.8. The average Bonchev–Trinajstić information content (AvgIpc) is 2.85. The lowest BCUT2D eigenvalue weighted by Gasteiger charge is -2.28. The Morgan fingerprint density at radius 3 is 2.48 bits per heavy atom. The van der Waals surface area contributed by atoms with Gasteiger partial charge >= 0.3 is 0 Å². The van der Waals surface area contributed by atoms with E-state index >= 15 is 0 Å². The molecule has 1 aliphatic rings. The van der Waals surface area contributed by atoms with Gasteiger partial charge in [0.2, 0.25) is 5.91 Å². The lowest BCUT2D eigenvalue weighted by molar-refractivity contribution is -0.115. The minimum absolute atomic E-state index is 0.0450. The van der Waals surface area contributed by atoms with E-state index < -0.39 is 10.8 Å². The lowest BCUT2D eigenvalue weighted by Crippen LogP contribution is -2.29. The van der Waals surface area contributed by atoms with Crippen molar-refractivity contribution in [3.8, 4) is 17.3 Å². The molecule has 0 unspecified atom stereocenters. The fourth-order valence-corrected chi connectivity index (χ4v) is 4.59. The number of nitrogens with zero attached hydrogens (tertiary/aromatic N) is 3. The maximum Gasteiger partial charge on any atom is 0.270 e. The Balaban J connectivity index is 1.45. The topological polar surface area (TPSA) is 102 Å². The van der Waals surface area contributed by atoms with Crippen LogP contribution in [0.1, 0.15) is 31.7 Å². The van der Waals surface area contributed by atoms with Crippen molar-refractivity contribution in [2.45, 2.75) is 36.6 Å². The van der Waals surface area contributed by atoms with Crippen molar-refractivity contribution in [3.05, 3.63) is 70.5 Å². The van der Waals surface area contributed by atoms with Crippen LogP contribution in [0.5, 0.6) is 0 Å². The summed E-state index contributed by atoms with van der Waals surface area (Å²) in [4.78, 5) is 34.6. The molecule has 33 heavy (non-hydrogen) atoms. The number of nitriles is 1. The fraction of sp³-hybridized carbons (Fsp3) is 0.280. The summed E-state index contributed by atoms with van der Waals surface area (Å²) in [5, 5.41) is 12.1. The summed E-state index contributed by atoms with van der Waals surface area (Å²) in [5.41, 5.74) is 2.31.